The summed E-state index contributed by atoms with van der Waals surface area (Å²) in [5, 5.41) is 23.7. The van der Waals surface area contributed by atoms with Crippen molar-refractivity contribution in [1.82, 2.24) is 10.1 Å². The Morgan fingerprint density at radius 3 is 2.38 bits per heavy atom. The van der Waals surface area contributed by atoms with Gasteiger partial charge in [-0.1, -0.05) is 23.4 Å². The van der Waals surface area contributed by atoms with E-state index in [9.17, 15) is 10.2 Å². The molecule has 0 saturated carbocycles. The van der Waals surface area contributed by atoms with Gasteiger partial charge in [0.25, 0.3) is 5.89 Å². The fraction of sp³-hybridized carbons (Fsp3) is 0.200. The van der Waals surface area contributed by atoms with Crippen molar-refractivity contribution >= 4 is 11.0 Å². The molecule has 0 radical (unpaired) electrons. The maximum absolute atomic E-state index is 9.32. The summed E-state index contributed by atoms with van der Waals surface area (Å²) in [5.74, 6) is 1.27. The molecule has 2 aromatic heterocycles. The van der Waals surface area contributed by atoms with E-state index >= 15 is 0 Å². The van der Waals surface area contributed by atoms with Gasteiger partial charge in [-0.15, -0.1) is 0 Å². The summed E-state index contributed by atoms with van der Waals surface area (Å²) < 4.78 is 11.3. The highest BCUT2D eigenvalue weighted by Gasteiger charge is 2.17. The monoisotopic (exact) mass is 350 g/mol. The molecule has 0 bridgehead atoms. The summed E-state index contributed by atoms with van der Waals surface area (Å²) in [7, 11) is 0. The molecule has 0 amide bonds. The van der Waals surface area contributed by atoms with Gasteiger partial charge >= 0.3 is 0 Å². The van der Waals surface area contributed by atoms with Gasteiger partial charge < -0.3 is 19.2 Å². The van der Waals surface area contributed by atoms with Crippen LogP contribution in [0.4, 0.5) is 0 Å². The zero-order valence-corrected chi connectivity index (χ0v) is 14.6. The minimum absolute atomic E-state index is 0.343. The van der Waals surface area contributed by atoms with E-state index in [4.69, 9.17) is 8.94 Å². The fourth-order valence-corrected chi connectivity index (χ4v) is 3.04. The van der Waals surface area contributed by atoms with Crippen LogP contribution >= 0.6 is 0 Å². The van der Waals surface area contributed by atoms with Gasteiger partial charge in [-0.2, -0.15) is 4.98 Å². The molecule has 4 aromatic rings. The molecule has 2 heterocycles. The topological polar surface area (TPSA) is 92.5 Å². The molecular weight excluding hydrogens is 332 g/mol. The van der Waals surface area contributed by atoms with Crippen molar-refractivity contribution in [1.29, 1.82) is 0 Å². The zero-order chi connectivity index (χ0) is 18.4. The van der Waals surface area contributed by atoms with E-state index in [0.717, 1.165) is 27.7 Å². The van der Waals surface area contributed by atoms with Crippen molar-refractivity contribution in [2.24, 2.45) is 0 Å². The predicted octanol–water partition coefficient (Wildman–Crippen LogP) is 4.06. The standard InChI is InChI=1S/C20H18N2O4/c1-10-4-5-11(2)17-15(10)9-16(25-17)18-21-19(26-22-18)13-6-7-14(20(23)24)12(3)8-13/h4-9,20,23-24H,1-3H3. The molecule has 4 rings (SSSR count). The number of aryl methyl sites for hydroxylation is 3. The second kappa shape index (κ2) is 6.09. The van der Waals surface area contributed by atoms with E-state index in [0.29, 0.717) is 28.6 Å². The molecule has 0 fully saturated rings. The van der Waals surface area contributed by atoms with Crippen LogP contribution in [0.2, 0.25) is 0 Å². The molecule has 0 spiro atoms. The number of rotatable bonds is 3. The third-order valence-electron chi connectivity index (χ3n) is 4.54. The van der Waals surface area contributed by atoms with Crippen LogP contribution in [0.15, 0.2) is 45.3 Å². The Hall–Kier alpha value is -2.96. The number of aromatic nitrogens is 2. The van der Waals surface area contributed by atoms with Crippen molar-refractivity contribution in [3.8, 4) is 23.0 Å². The van der Waals surface area contributed by atoms with Gasteiger partial charge in [-0.3, -0.25) is 0 Å². The molecule has 6 nitrogen and oxygen atoms in total. The molecule has 0 aliphatic carbocycles. The maximum Gasteiger partial charge on any atom is 0.258 e. The summed E-state index contributed by atoms with van der Waals surface area (Å²) in [6, 6.07) is 11.1. The van der Waals surface area contributed by atoms with Gasteiger partial charge in [-0.25, -0.2) is 0 Å². The number of aliphatic hydroxyl groups is 2. The van der Waals surface area contributed by atoms with Crippen molar-refractivity contribution in [2.45, 2.75) is 27.1 Å². The third kappa shape index (κ3) is 2.69. The van der Waals surface area contributed by atoms with Crippen molar-refractivity contribution in [3.63, 3.8) is 0 Å². The number of hydrogen-bond acceptors (Lipinski definition) is 6. The number of aliphatic hydroxyl groups excluding tert-OH is 1. The lowest BCUT2D eigenvalue weighted by atomic mass is 10.0. The van der Waals surface area contributed by atoms with E-state index in [1.165, 1.54) is 0 Å². The molecular formula is C20H18N2O4. The Labute approximate surface area is 149 Å². The van der Waals surface area contributed by atoms with E-state index in [1.807, 2.05) is 26.0 Å². The highest BCUT2D eigenvalue weighted by atomic mass is 16.5. The molecule has 0 atom stereocenters. The number of fused-ring (bicyclic) bond motifs is 1. The van der Waals surface area contributed by atoms with E-state index in [2.05, 4.69) is 16.2 Å². The summed E-state index contributed by atoms with van der Waals surface area (Å²) in [6.07, 6.45) is -1.51. The Kier molecular flexibility index (Phi) is 3.86. The largest absolute Gasteiger partial charge is 0.452 e. The van der Waals surface area contributed by atoms with Crippen LogP contribution in [0.3, 0.4) is 0 Å². The highest BCUT2D eigenvalue weighted by Crippen LogP contribution is 2.32. The molecule has 6 heteroatoms. The second-order valence-electron chi connectivity index (χ2n) is 6.42. The van der Waals surface area contributed by atoms with Gasteiger partial charge in [0.1, 0.15) is 5.58 Å². The lowest BCUT2D eigenvalue weighted by Gasteiger charge is -2.08. The molecule has 0 unspecified atom stereocenters. The normalized spacial score (nSPS) is 11.6. The minimum atomic E-state index is -1.51. The Balaban J connectivity index is 1.74. The van der Waals surface area contributed by atoms with Crippen molar-refractivity contribution in [2.75, 3.05) is 0 Å². The van der Waals surface area contributed by atoms with Crippen LogP contribution in [0.25, 0.3) is 34.0 Å². The van der Waals surface area contributed by atoms with Crippen LogP contribution in [0.5, 0.6) is 0 Å². The molecule has 0 saturated heterocycles. The maximum atomic E-state index is 9.32. The van der Waals surface area contributed by atoms with Crippen LogP contribution in [0.1, 0.15) is 28.5 Å². The number of benzene rings is 2. The highest BCUT2D eigenvalue weighted by molar-refractivity contribution is 5.87. The van der Waals surface area contributed by atoms with Gasteiger partial charge in [0.2, 0.25) is 5.82 Å². The number of hydrogen-bond donors (Lipinski definition) is 2. The summed E-state index contributed by atoms with van der Waals surface area (Å²) in [5.41, 5.74) is 4.87. The Morgan fingerprint density at radius 1 is 0.923 bits per heavy atom. The van der Waals surface area contributed by atoms with Crippen molar-refractivity contribution < 1.29 is 19.2 Å². The summed E-state index contributed by atoms with van der Waals surface area (Å²) in [6.45, 7) is 5.82. The third-order valence-corrected chi connectivity index (χ3v) is 4.54. The first-order valence-corrected chi connectivity index (χ1v) is 8.25. The van der Waals surface area contributed by atoms with Crippen LogP contribution in [0, 0.1) is 20.8 Å². The summed E-state index contributed by atoms with van der Waals surface area (Å²) >= 11 is 0. The second-order valence-corrected chi connectivity index (χ2v) is 6.42. The molecule has 2 N–H and O–H groups in total. The van der Waals surface area contributed by atoms with Crippen LogP contribution < -0.4 is 0 Å². The average molecular weight is 350 g/mol. The fourth-order valence-electron chi connectivity index (χ4n) is 3.04. The minimum Gasteiger partial charge on any atom is -0.452 e. The zero-order valence-electron chi connectivity index (χ0n) is 14.6. The number of nitrogens with zero attached hydrogens (tertiary/aromatic N) is 2. The van der Waals surface area contributed by atoms with E-state index in [1.54, 1.807) is 25.1 Å². The first-order chi connectivity index (χ1) is 12.4. The quantitative estimate of drug-likeness (QED) is 0.541. The number of furan rings is 1. The molecule has 26 heavy (non-hydrogen) atoms. The van der Waals surface area contributed by atoms with Gasteiger partial charge in [-0.05, 0) is 55.7 Å². The molecule has 132 valence electrons. The van der Waals surface area contributed by atoms with Crippen LogP contribution in [-0.2, 0) is 0 Å². The SMILES string of the molecule is Cc1cc(-c2nc(-c3cc4c(C)ccc(C)c4o3)no2)ccc1C(O)O. The Morgan fingerprint density at radius 2 is 1.69 bits per heavy atom. The first-order valence-electron chi connectivity index (χ1n) is 8.25. The van der Waals surface area contributed by atoms with Gasteiger partial charge in [0, 0.05) is 16.5 Å². The Bertz CT molecular complexity index is 1070. The molecule has 2 aromatic carbocycles. The van der Waals surface area contributed by atoms with E-state index in [-0.39, 0.29) is 0 Å². The predicted molar refractivity (Wildman–Crippen MR) is 96.3 cm³/mol. The van der Waals surface area contributed by atoms with Gasteiger partial charge in [0.15, 0.2) is 12.1 Å². The smallest absolute Gasteiger partial charge is 0.258 e. The lowest BCUT2D eigenvalue weighted by molar-refractivity contribution is -0.0429. The lowest BCUT2D eigenvalue weighted by Crippen LogP contribution is -1.98. The first kappa shape index (κ1) is 16.5. The average Bonchev–Trinajstić information content (AvgIpc) is 3.25. The van der Waals surface area contributed by atoms with Crippen LogP contribution in [-0.4, -0.2) is 20.4 Å². The summed E-state index contributed by atoms with van der Waals surface area (Å²) in [4.78, 5) is 4.42. The van der Waals surface area contributed by atoms with Gasteiger partial charge in [0.05, 0.1) is 0 Å². The molecule has 0 aliphatic heterocycles. The molecule has 0 aliphatic rings. The van der Waals surface area contributed by atoms with Crippen molar-refractivity contribution in [3.05, 3.63) is 58.7 Å². The van der Waals surface area contributed by atoms with E-state index < -0.39 is 6.29 Å².